The molecule has 126 valence electrons. The maximum absolute atomic E-state index is 12.4. The van der Waals surface area contributed by atoms with Crippen LogP contribution in [0.5, 0.6) is 5.75 Å². The summed E-state index contributed by atoms with van der Waals surface area (Å²) in [5.41, 5.74) is 2.26. The Kier molecular flexibility index (Phi) is 3.96. The van der Waals surface area contributed by atoms with Gasteiger partial charge in [-0.2, -0.15) is 0 Å². The van der Waals surface area contributed by atoms with Gasteiger partial charge in [0.1, 0.15) is 17.4 Å². The highest BCUT2D eigenvalue weighted by atomic mass is 16.5. The van der Waals surface area contributed by atoms with Crippen LogP contribution in [-0.4, -0.2) is 33.3 Å². The monoisotopic (exact) mass is 326 g/mol. The van der Waals surface area contributed by atoms with Gasteiger partial charge < -0.3 is 14.6 Å². The van der Waals surface area contributed by atoms with Crippen LogP contribution in [0.2, 0.25) is 0 Å². The van der Waals surface area contributed by atoms with Crippen molar-refractivity contribution >= 4 is 5.91 Å². The molecule has 0 unspecified atom stereocenters. The summed E-state index contributed by atoms with van der Waals surface area (Å²) in [6.45, 7) is 3.60. The number of carbonyl (C=O) groups excluding carboxylic acids is 1. The zero-order chi connectivity index (χ0) is 16.5. The average molecular weight is 326 g/mol. The highest BCUT2D eigenvalue weighted by Gasteiger charge is 2.23. The van der Waals surface area contributed by atoms with Crippen molar-refractivity contribution < 1.29 is 9.53 Å². The fraction of sp³-hybridized carbons (Fsp3) is 0.500. The van der Waals surface area contributed by atoms with Crippen molar-refractivity contribution in [3.63, 3.8) is 0 Å². The summed E-state index contributed by atoms with van der Waals surface area (Å²) in [6.07, 6.45) is 4.01. The number of ether oxygens (including phenoxy) is 1. The minimum Gasteiger partial charge on any atom is -0.493 e. The van der Waals surface area contributed by atoms with Gasteiger partial charge in [-0.05, 0) is 23.6 Å². The predicted octanol–water partition coefficient (Wildman–Crippen LogP) is 1.45. The summed E-state index contributed by atoms with van der Waals surface area (Å²) >= 11 is 0. The van der Waals surface area contributed by atoms with Crippen molar-refractivity contribution in [1.29, 1.82) is 0 Å². The van der Waals surface area contributed by atoms with Crippen LogP contribution in [0, 0.1) is 0 Å². The third-order valence-corrected chi connectivity index (χ3v) is 4.82. The number of nitrogens with one attached hydrogen (secondary N) is 1. The highest BCUT2D eigenvalue weighted by Crippen LogP contribution is 2.26. The zero-order valence-corrected chi connectivity index (χ0v) is 13.9. The third-order valence-electron chi connectivity index (χ3n) is 4.82. The molecule has 4 rings (SSSR count). The lowest BCUT2D eigenvalue weighted by atomic mass is 10.0. The molecule has 0 saturated heterocycles. The second-order valence-electron chi connectivity index (χ2n) is 6.52. The minimum atomic E-state index is 0.0773. The number of hydrogen-bond donors (Lipinski definition) is 1. The molecule has 0 fully saturated rings. The van der Waals surface area contributed by atoms with Gasteiger partial charge in [0, 0.05) is 31.8 Å². The number of benzene rings is 1. The van der Waals surface area contributed by atoms with Crippen LogP contribution >= 0.6 is 0 Å². The lowest BCUT2D eigenvalue weighted by Crippen LogP contribution is -2.42. The normalized spacial score (nSPS) is 18.6. The second kappa shape index (κ2) is 6.26. The van der Waals surface area contributed by atoms with Crippen LogP contribution in [0.1, 0.15) is 36.1 Å². The van der Waals surface area contributed by atoms with E-state index in [9.17, 15) is 4.79 Å². The molecule has 3 heterocycles. The first kappa shape index (κ1) is 15.2. The summed E-state index contributed by atoms with van der Waals surface area (Å²) < 4.78 is 7.67. The number of hydrogen-bond acceptors (Lipinski definition) is 4. The third kappa shape index (κ3) is 2.88. The van der Waals surface area contributed by atoms with E-state index in [2.05, 4.69) is 33.1 Å². The SMILES string of the molecule is CCc1nnc2n1C[C@H](NC(=O)Cc1ccc3c(c1)CCO3)CC2. The van der Waals surface area contributed by atoms with Gasteiger partial charge in [0.15, 0.2) is 0 Å². The van der Waals surface area contributed by atoms with Crippen molar-refractivity contribution in [2.75, 3.05) is 6.61 Å². The van der Waals surface area contributed by atoms with E-state index in [1.54, 1.807) is 0 Å². The summed E-state index contributed by atoms with van der Waals surface area (Å²) in [5, 5.41) is 11.6. The van der Waals surface area contributed by atoms with Crippen molar-refractivity contribution in [1.82, 2.24) is 20.1 Å². The van der Waals surface area contributed by atoms with Gasteiger partial charge in [0.25, 0.3) is 0 Å². The van der Waals surface area contributed by atoms with E-state index in [0.29, 0.717) is 6.42 Å². The number of aryl methyl sites for hydroxylation is 2. The van der Waals surface area contributed by atoms with Crippen molar-refractivity contribution in [3.8, 4) is 5.75 Å². The molecule has 6 heteroatoms. The van der Waals surface area contributed by atoms with Crippen molar-refractivity contribution in [2.45, 2.75) is 51.6 Å². The Morgan fingerprint density at radius 3 is 3.17 bits per heavy atom. The molecule has 0 radical (unpaired) electrons. The molecule has 0 spiro atoms. The minimum absolute atomic E-state index is 0.0773. The Hall–Kier alpha value is -2.37. The molecule has 2 aromatic rings. The number of rotatable bonds is 4. The predicted molar refractivity (Wildman–Crippen MR) is 89.0 cm³/mol. The Morgan fingerprint density at radius 2 is 2.29 bits per heavy atom. The van der Waals surface area contributed by atoms with Crippen LogP contribution in [0.4, 0.5) is 0 Å². The maximum atomic E-state index is 12.4. The Balaban J connectivity index is 1.38. The van der Waals surface area contributed by atoms with Crippen LogP contribution in [0.25, 0.3) is 0 Å². The first-order chi connectivity index (χ1) is 11.7. The van der Waals surface area contributed by atoms with Gasteiger partial charge in [-0.25, -0.2) is 0 Å². The lowest BCUT2D eigenvalue weighted by molar-refractivity contribution is -0.121. The number of fused-ring (bicyclic) bond motifs is 2. The summed E-state index contributed by atoms with van der Waals surface area (Å²) in [5.74, 6) is 3.07. The van der Waals surface area contributed by atoms with E-state index >= 15 is 0 Å². The van der Waals surface area contributed by atoms with E-state index in [0.717, 1.165) is 61.8 Å². The van der Waals surface area contributed by atoms with E-state index < -0.39 is 0 Å². The van der Waals surface area contributed by atoms with E-state index in [1.807, 2.05) is 12.1 Å². The first-order valence-electron chi connectivity index (χ1n) is 8.68. The van der Waals surface area contributed by atoms with Gasteiger partial charge >= 0.3 is 0 Å². The molecule has 6 nitrogen and oxygen atoms in total. The van der Waals surface area contributed by atoms with Crippen molar-refractivity contribution in [2.24, 2.45) is 0 Å². The Labute approximate surface area is 141 Å². The summed E-state index contributed by atoms with van der Waals surface area (Å²) in [7, 11) is 0. The average Bonchev–Trinajstić information content (AvgIpc) is 3.20. The molecule has 2 aliphatic rings. The van der Waals surface area contributed by atoms with Crippen molar-refractivity contribution in [3.05, 3.63) is 41.0 Å². The van der Waals surface area contributed by atoms with Crippen LogP contribution < -0.4 is 10.1 Å². The number of nitrogens with zero attached hydrogens (tertiary/aromatic N) is 3. The smallest absolute Gasteiger partial charge is 0.224 e. The molecule has 1 amide bonds. The molecule has 24 heavy (non-hydrogen) atoms. The molecular formula is C18H22N4O2. The Morgan fingerprint density at radius 1 is 1.38 bits per heavy atom. The van der Waals surface area contributed by atoms with Gasteiger partial charge in [-0.1, -0.05) is 19.1 Å². The standard InChI is InChI=1S/C18H22N4O2/c1-2-16-20-21-17-6-4-14(11-22(16)17)19-18(23)10-12-3-5-15-13(9-12)7-8-24-15/h3,5,9,14H,2,4,6-8,10-11H2,1H3,(H,19,23)/t14-/m1/s1. The number of carbonyl (C=O) groups is 1. The van der Waals surface area contributed by atoms with Crippen LogP contribution in [0.3, 0.4) is 0 Å². The summed E-state index contributed by atoms with van der Waals surface area (Å²) in [4.78, 5) is 12.4. The molecule has 1 aromatic carbocycles. The quantitative estimate of drug-likeness (QED) is 0.923. The fourth-order valence-electron chi connectivity index (χ4n) is 3.58. The van der Waals surface area contributed by atoms with Gasteiger partial charge in [0.2, 0.25) is 5.91 Å². The van der Waals surface area contributed by atoms with E-state index in [1.165, 1.54) is 5.56 Å². The number of aromatic nitrogens is 3. The topological polar surface area (TPSA) is 69.0 Å². The molecule has 0 bridgehead atoms. The van der Waals surface area contributed by atoms with E-state index in [-0.39, 0.29) is 11.9 Å². The van der Waals surface area contributed by atoms with Gasteiger partial charge in [-0.3, -0.25) is 4.79 Å². The fourth-order valence-corrected chi connectivity index (χ4v) is 3.58. The summed E-state index contributed by atoms with van der Waals surface area (Å²) in [6, 6.07) is 6.21. The Bertz CT molecular complexity index is 755. The van der Waals surface area contributed by atoms with Gasteiger partial charge in [0.05, 0.1) is 13.0 Å². The zero-order valence-electron chi connectivity index (χ0n) is 13.9. The highest BCUT2D eigenvalue weighted by molar-refractivity contribution is 5.79. The molecular weight excluding hydrogens is 304 g/mol. The molecule has 1 N–H and O–H groups in total. The molecule has 1 aromatic heterocycles. The van der Waals surface area contributed by atoms with Gasteiger partial charge in [-0.15, -0.1) is 10.2 Å². The molecule has 1 atom stereocenters. The second-order valence-corrected chi connectivity index (χ2v) is 6.52. The first-order valence-corrected chi connectivity index (χ1v) is 8.68. The molecule has 0 saturated carbocycles. The molecule has 2 aliphatic heterocycles. The van der Waals surface area contributed by atoms with Crippen LogP contribution in [0.15, 0.2) is 18.2 Å². The lowest BCUT2D eigenvalue weighted by Gasteiger charge is -2.25. The molecule has 0 aliphatic carbocycles. The van der Waals surface area contributed by atoms with E-state index in [4.69, 9.17) is 4.74 Å². The maximum Gasteiger partial charge on any atom is 0.224 e. The largest absolute Gasteiger partial charge is 0.493 e. The van der Waals surface area contributed by atoms with Crippen LogP contribution in [-0.2, 0) is 37.0 Å². The number of amides is 1.